The average Bonchev–Trinajstić information content (AvgIpc) is 2.84. The lowest BCUT2D eigenvalue weighted by molar-refractivity contribution is -0.277. The van der Waals surface area contributed by atoms with Gasteiger partial charge in [-0.15, -0.1) is 0 Å². The number of phenolic OH excluding ortho intramolecular Hbond substituents is 1. The Morgan fingerprint density at radius 2 is 1.74 bits per heavy atom. The Kier molecular flexibility index (Phi) is 6.64. The number of rotatable bonds is 6. The Bertz CT molecular complexity index is 1240. The average molecular weight is 476 g/mol. The lowest BCUT2D eigenvalue weighted by atomic mass is 9.99. The lowest BCUT2D eigenvalue weighted by Gasteiger charge is -2.39. The maximum atomic E-state index is 13.1. The van der Waals surface area contributed by atoms with E-state index in [1.54, 1.807) is 6.07 Å². The monoisotopic (exact) mass is 476 g/mol. The Morgan fingerprint density at radius 3 is 2.41 bits per heavy atom. The van der Waals surface area contributed by atoms with E-state index in [0.717, 1.165) is 0 Å². The van der Waals surface area contributed by atoms with Gasteiger partial charge in [0.1, 0.15) is 42.0 Å². The van der Waals surface area contributed by atoms with E-state index in [2.05, 4.69) is 0 Å². The van der Waals surface area contributed by atoms with Gasteiger partial charge in [-0.3, -0.25) is 4.79 Å². The number of fused-ring (bicyclic) bond motifs is 1. The van der Waals surface area contributed by atoms with Gasteiger partial charge in [0, 0.05) is 11.6 Å². The van der Waals surface area contributed by atoms with Gasteiger partial charge in [0.25, 0.3) is 0 Å². The summed E-state index contributed by atoms with van der Waals surface area (Å²) in [5.41, 5.74) is 0.00228. The second-order valence-corrected chi connectivity index (χ2v) is 7.65. The van der Waals surface area contributed by atoms with Crippen LogP contribution >= 0.6 is 0 Å². The van der Waals surface area contributed by atoms with Crippen molar-refractivity contribution in [2.75, 3.05) is 20.8 Å². The standard InChI is InChI=1S/C23H24O11/c1-30-14-6-5-11(18(26)22(14)31-2)13-9-32-15-7-10(3-4-12(15)17(13)25)33-23-21(29)20(28)19(27)16(8-24)34-23/h3-7,9,16,19-21,23-24,26-29H,8H2,1-2H3/t16-,19+,20-,21-,23-/m0/s1. The van der Waals surface area contributed by atoms with E-state index in [1.807, 2.05) is 0 Å². The van der Waals surface area contributed by atoms with Crippen LogP contribution < -0.4 is 19.6 Å². The van der Waals surface area contributed by atoms with Crippen LogP contribution in [-0.4, -0.2) is 77.1 Å². The first-order valence-corrected chi connectivity index (χ1v) is 10.3. The predicted molar refractivity (Wildman–Crippen MR) is 117 cm³/mol. The molecule has 0 aliphatic carbocycles. The van der Waals surface area contributed by atoms with Crippen molar-refractivity contribution in [3.05, 3.63) is 46.8 Å². The summed E-state index contributed by atoms with van der Waals surface area (Å²) in [7, 11) is 2.78. The summed E-state index contributed by atoms with van der Waals surface area (Å²) in [6.07, 6.45) is -6.02. The molecule has 5 atom stereocenters. The Labute approximate surface area is 192 Å². The molecule has 2 heterocycles. The van der Waals surface area contributed by atoms with Crippen molar-refractivity contribution in [2.24, 2.45) is 0 Å². The molecule has 1 aromatic heterocycles. The van der Waals surface area contributed by atoms with Crippen molar-refractivity contribution < 1.29 is 48.9 Å². The minimum absolute atomic E-state index is 0.0720. The van der Waals surface area contributed by atoms with Gasteiger partial charge >= 0.3 is 0 Å². The van der Waals surface area contributed by atoms with Gasteiger partial charge < -0.3 is 48.9 Å². The summed E-state index contributed by atoms with van der Waals surface area (Å²) in [6, 6.07) is 7.30. The lowest BCUT2D eigenvalue weighted by Crippen LogP contribution is -2.60. The number of hydrogen-bond acceptors (Lipinski definition) is 11. The van der Waals surface area contributed by atoms with Crippen molar-refractivity contribution >= 4 is 11.0 Å². The molecular weight excluding hydrogens is 452 g/mol. The fraction of sp³-hybridized carbons (Fsp3) is 0.348. The highest BCUT2D eigenvalue weighted by Crippen LogP contribution is 2.43. The van der Waals surface area contributed by atoms with Crippen LogP contribution in [0.15, 0.2) is 45.8 Å². The van der Waals surface area contributed by atoms with Crippen LogP contribution in [0.25, 0.3) is 22.1 Å². The van der Waals surface area contributed by atoms with Crippen LogP contribution in [0.4, 0.5) is 0 Å². The number of aliphatic hydroxyl groups is 4. The molecule has 0 amide bonds. The molecule has 0 unspecified atom stereocenters. The summed E-state index contributed by atoms with van der Waals surface area (Å²) in [5.74, 6) is 0.226. The first kappa shape index (κ1) is 23.8. The molecule has 2 aromatic carbocycles. The molecule has 1 aliphatic rings. The van der Waals surface area contributed by atoms with Crippen LogP contribution in [0.3, 0.4) is 0 Å². The summed E-state index contributed by atoms with van der Waals surface area (Å²) in [5, 5.41) is 50.0. The fourth-order valence-corrected chi connectivity index (χ4v) is 3.79. The zero-order valence-electron chi connectivity index (χ0n) is 18.2. The Hall–Kier alpha value is -3.35. The fourth-order valence-electron chi connectivity index (χ4n) is 3.79. The van der Waals surface area contributed by atoms with Crippen molar-refractivity contribution in [1.82, 2.24) is 0 Å². The molecule has 0 radical (unpaired) electrons. The number of benzene rings is 2. The molecule has 5 N–H and O–H groups in total. The van der Waals surface area contributed by atoms with Crippen LogP contribution in [0.5, 0.6) is 23.0 Å². The third-order valence-corrected chi connectivity index (χ3v) is 5.66. The maximum Gasteiger partial charge on any atom is 0.229 e. The molecule has 3 aromatic rings. The van der Waals surface area contributed by atoms with E-state index in [0.29, 0.717) is 5.75 Å². The highest BCUT2D eigenvalue weighted by Gasteiger charge is 2.44. The topological polar surface area (TPSA) is 168 Å². The number of phenols is 1. The molecule has 1 fully saturated rings. The molecule has 34 heavy (non-hydrogen) atoms. The first-order chi connectivity index (χ1) is 16.3. The zero-order chi connectivity index (χ0) is 24.6. The maximum absolute atomic E-state index is 13.1. The van der Waals surface area contributed by atoms with Gasteiger partial charge in [-0.2, -0.15) is 0 Å². The highest BCUT2D eigenvalue weighted by molar-refractivity contribution is 5.85. The number of methoxy groups -OCH3 is 2. The van der Waals surface area contributed by atoms with Gasteiger partial charge in [0.05, 0.1) is 31.8 Å². The molecule has 1 saturated heterocycles. The number of aromatic hydroxyl groups is 1. The van der Waals surface area contributed by atoms with Gasteiger partial charge in [0.2, 0.25) is 17.5 Å². The molecule has 182 valence electrons. The number of hydrogen-bond donors (Lipinski definition) is 5. The Morgan fingerprint density at radius 1 is 0.971 bits per heavy atom. The first-order valence-electron chi connectivity index (χ1n) is 10.3. The van der Waals surface area contributed by atoms with Gasteiger partial charge in [-0.1, -0.05) is 0 Å². The second kappa shape index (κ2) is 9.49. The molecule has 11 nitrogen and oxygen atoms in total. The predicted octanol–water partition coefficient (Wildman–Crippen LogP) is 0.361. The highest BCUT2D eigenvalue weighted by atomic mass is 16.7. The summed E-state index contributed by atoms with van der Waals surface area (Å²) >= 11 is 0. The van der Waals surface area contributed by atoms with Crippen molar-refractivity contribution in [2.45, 2.75) is 30.7 Å². The molecule has 0 saturated carbocycles. The SMILES string of the molecule is COc1ccc(-c2coc3cc(O[C@H]4O[C@@H](CO)[C@@H](O)[C@H](O)[C@@H]4O)ccc3c2=O)c(O)c1OC. The second-order valence-electron chi connectivity index (χ2n) is 7.65. The summed E-state index contributed by atoms with van der Waals surface area (Å²) in [4.78, 5) is 13.1. The molecular formula is C23H24O11. The van der Waals surface area contributed by atoms with Gasteiger partial charge in [-0.25, -0.2) is 0 Å². The van der Waals surface area contributed by atoms with E-state index in [9.17, 15) is 30.3 Å². The third-order valence-electron chi connectivity index (χ3n) is 5.66. The van der Waals surface area contributed by atoms with E-state index < -0.39 is 42.7 Å². The van der Waals surface area contributed by atoms with Crippen molar-refractivity contribution in [3.8, 4) is 34.1 Å². The molecule has 11 heteroatoms. The largest absolute Gasteiger partial charge is 0.504 e. The van der Waals surface area contributed by atoms with E-state index in [-0.39, 0.29) is 39.3 Å². The van der Waals surface area contributed by atoms with E-state index in [4.69, 9.17) is 23.4 Å². The normalized spacial score (nSPS) is 24.7. The van der Waals surface area contributed by atoms with E-state index in [1.165, 1.54) is 44.7 Å². The molecule has 0 bridgehead atoms. The smallest absolute Gasteiger partial charge is 0.229 e. The zero-order valence-corrected chi connectivity index (χ0v) is 18.2. The van der Waals surface area contributed by atoms with Crippen LogP contribution in [0, 0.1) is 0 Å². The van der Waals surface area contributed by atoms with Crippen LogP contribution in [0.2, 0.25) is 0 Å². The minimum Gasteiger partial charge on any atom is -0.504 e. The van der Waals surface area contributed by atoms with Gasteiger partial charge in [0.15, 0.2) is 11.5 Å². The molecule has 1 aliphatic heterocycles. The van der Waals surface area contributed by atoms with Gasteiger partial charge in [-0.05, 0) is 24.3 Å². The Balaban J connectivity index is 1.66. The molecule has 0 spiro atoms. The number of aliphatic hydroxyl groups excluding tert-OH is 4. The van der Waals surface area contributed by atoms with Crippen molar-refractivity contribution in [1.29, 1.82) is 0 Å². The minimum atomic E-state index is -1.59. The van der Waals surface area contributed by atoms with Crippen molar-refractivity contribution in [3.63, 3.8) is 0 Å². The molecule has 4 rings (SSSR count). The third kappa shape index (κ3) is 4.04. The quantitative estimate of drug-likeness (QED) is 0.333. The summed E-state index contributed by atoms with van der Waals surface area (Å²) in [6.45, 7) is -0.594. The summed E-state index contributed by atoms with van der Waals surface area (Å²) < 4.78 is 26.8. The number of ether oxygens (including phenoxy) is 4. The van der Waals surface area contributed by atoms with Crippen LogP contribution in [0.1, 0.15) is 0 Å². The van der Waals surface area contributed by atoms with E-state index >= 15 is 0 Å². The van der Waals surface area contributed by atoms with Crippen LogP contribution in [-0.2, 0) is 4.74 Å².